The lowest BCUT2D eigenvalue weighted by Gasteiger charge is -2.36. The van der Waals surface area contributed by atoms with E-state index in [2.05, 4.69) is 43.3 Å². The Kier molecular flexibility index (Phi) is 6.05. The monoisotopic (exact) mass is 467 g/mol. The molecule has 33 heavy (non-hydrogen) atoms. The Balaban J connectivity index is 1.27. The van der Waals surface area contributed by atoms with E-state index < -0.39 is 0 Å². The first-order valence-corrected chi connectivity index (χ1v) is 11.5. The van der Waals surface area contributed by atoms with Gasteiger partial charge in [0.15, 0.2) is 5.15 Å². The molecule has 8 nitrogen and oxygen atoms in total. The minimum absolute atomic E-state index is 0.0455. The van der Waals surface area contributed by atoms with Gasteiger partial charge in [-0.1, -0.05) is 23.7 Å². The molecule has 0 spiro atoms. The molecule has 5 rings (SSSR count). The van der Waals surface area contributed by atoms with Gasteiger partial charge in [-0.05, 0) is 35.7 Å². The number of piperazine rings is 1. The normalized spacial score (nSPS) is 16.6. The zero-order chi connectivity index (χ0) is 22.9. The standard InChI is InChI=1S/C24H26ClN5O3/c1-26-24(32)19-4-5-21(22(25)27-19)30-9-7-29(8-10-30)13-15-2-3-17-16-6-11-33-14-18(16)23(31)28-20(17)12-15/h2-5,12H,6-11,13-14H2,1H3,(H,26,32)(H,28,31). The number of fused-ring (bicyclic) bond motifs is 3. The zero-order valence-corrected chi connectivity index (χ0v) is 19.2. The largest absolute Gasteiger partial charge is 0.376 e. The van der Waals surface area contributed by atoms with Crippen molar-refractivity contribution in [1.82, 2.24) is 20.2 Å². The maximum Gasteiger partial charge on any atom is 0.269 e. The van der Waals surface area contributed by atoms with Gasteiger partial charge in [0.2, 0.25) is 0 Å². The van der Waals surface area contributed by atoms with Crippen LogP contribution in [-0.2, 0) is 24.3 Å². The van der Waals surface area contributed by atoms with E-state index in [1.165, 1.54) is 5.56 Å². The molecule has 0 bridgehead atoms. The van der Waals surface area contributed by atoms with E-state index in [0.29, 0.717) is 24.1 Å². The van der Waals surface area contributed by atoms with E-state index in [4.69, 9.17) is 16.3 Å². The predicted molar refractivity (Wildman–Crippen MR) is 128 cm³/mol. The summed E-state index contributed by atoms with van der Waals surface area (Å²) in [6, 6.07) is 9.94. The first-order valence-electron chi connectivity index (χ1n) is 11.1. The summed E-state index contributed by atoms with van der Waals surface area (Å²) in [5.41, 5.74) is 5.06. The number of aromatic nitrogens is 2. The van der Waals surface area contributed by atoms with Gasteiger partial charge >= 0.3 is 0 Å². The molecule has 172 valence electrons. The summed E-state index contributed by atoms with van der Waals surface area (Å²) in [5, 5.41) is 4.02. The van der Waals surface area contributed by atoms with Crippen molar-refractivity contribution in [3.05, 3.63) is 68.2 Å². The van der Waals surface area contributed by atoms with Crippen LogP contribution in [-0.4, -0.2) is 60.6 Å². The Morgan fingerprint density at radius 3 is 2.76 bits per heavy atom. The van der Waals surface area contributed by atoms with Gasteiger partial charge in [-0.3, -0.25) is 14.5 Å². The number of ether oxygens (including phenoxy) is 1. The highest BCUT2D eigenvalue weighted by Gasteiger charge is 2.21. The van der Waals surface area contributed by atoms with Crippen LogP contribution in [0.3, 0.4) is 0 Å². The lowest BCUT2D eigenvalue weighted by atomic mass is 9.98. The second-order valence-electron chi connectivity index (χ2n) is 8.44. The highest BCUT2D eigenvalue weighted by atomic mass is 35.5. The molecule has 9 heteroatoms. The number of H-pyrrole nitrogens is 1. The van der Waals surface area contributed by atoms with Crippen LogP contribution in [0.25, 0.3) is 10.9 Å². The van der Waals surface area contributed by atoms with Gasteiger partial charge in [0.05, 0.1) is 18.9 Å². The van der Waals surface area contributed by atoms with Crippen molar-refractivity contribution in [3.8, 4) is 0 Å². The quantitative estimate of drug-likeness (QED) is 0.572. The van der Waals surface area contributed by atoms with Gasteiger partial charge in [-0.25, -0.2) is 4.98 Å². The minimum atomic E-state index is -0.251. The number of amides is 1. The van der Waals surface area contributed by atoms with Crippen LogP contribution in [0, 0.1) is 0 Å². The SMILES string of the molecule is CNC(=O)c1ccc(N2CCN(Cc3ccc4c5c(c(=O)[nH]c4c3)COCC5)CC2)c(Cl)n1. The third kappa shape index (κ3) is 4.34. The Morgan fingerprint density at radius 1 is 1.18 bits per heavy atom. The fourth-order valence-corrected chi connectivity index (χ4v) is 4.94. The number of carbonyl (C=O) groups is 1. The molecule has 1 saturated heterocycles. The van der Waals surface area contributed by atoms with E-state index in [9.17, 15) is 9.59 Å². The molecule has 2 N–H and O–H groups in total. The molecule has 0 unspecified atom stereocenters. The third-order valence-electron chi connectivity index (χ3n) is 6.45. The van der Waals surface area contributed by atoms with Gasteiger partial charge in [0, 0.05) is 56.2 Å². The van der Waals surface area contributed by atoms with Crippen LogP contribution >= 0.6 is 11.6 Å². The molecule has 0 atom stereocenters. The number of carbonyl (C=O) groups excluding carboxylic acids is 1. The van der Waals surface area contributed by atoms with Gasteiger partial charge in [-0.15, -0.1) is 0 Å². The second-order valence-corrected chi connectivity index (χ2v) is 8.80. The number of pyridine rings is 2. The Bertz CT molecular complexity index is 1270. The molecular weight excluding hydrogens is 442 g/mol. The fraction of sp³-hybridized carbons (Fsp3) is 0.375. The van der Waals surface area contributed by atoms with Crippen LogP contribution in [0.1, 0.15) is 27.2 Å². The van der Waals surface area contributed by atoms with E-state index >= 15 is 0 Å². The number of nitrogens with zero attached hydrogens (tertiary/aromatic N) is 3. The first kappa shape index (κ1) is 21.9. The number of hydrogen-bond acceptors (Lipinski definition) is 6. The van der Waals surface area contributed by atoms with Crippen LogP contribution in [0.5, 0.6) is 0 Å². The Labute approximate surface area is 196 Å². The molecule has 2 aliphatic heterocycles. The molecule has 2 aromatic heterocycles. The van der Waals surface area contributed by atoms with Crippen molar-refractivity contribution in [1.29, 1.82) is 0 Å². The van der Waals surface area contributed by atoms with Gasteiger partial charge in [0.1, 0.15) is 5.69 Å². The lowest BCUT2D eigenvalue weighted by molar-refractivity contribution is 0.0958. The zero-order valence-electron chi connectivity index (χ0n) is 18.5. The lowest BCUT2D eigenvalue weighted by Crippen LogP contribution is -2.46. The number of hydrogen-bond donors (Lipinski definition) is 2. The summed E-state index contributed by atoms with van der Waals surface area (Å²) in [4.78, 5) is 36.1. The summed E-state index contributed by atoms with van der Waals surface area (Å²) < 4.78 is 5.46. The average molecular weight is 468 g/mol. The average Bonchev–Trinajstić information content (AvgIpc) is 2.84. The molecule has 1 aromatic carbocycles. The third-order valence-corrected chi connectivity index (χ3v) is 6.72. The highest BCUT2D eigenvalue weighted by Crippen LogP contribution is 2.27. The number of halogens is 1. The molecule has 4 heterocycles. The van der Waals surface area contributed by atoms with Gasteiger partial charge in [0.25, 0.3) is 11.5 Å². The first-order chi connectivity index (χ1) is 16.0. The van der Waals surface area contributed by atoms with E-state index in [1.807, 2.05) is 6.07 Å². The Hall–Kier alpha value is -2.94. The maximum atomic E-state index is 12.5. The number of anilines is 1. The number of rotatable bonds is 4. The molecular formula is C24H26ClN5O3. The second kappa shape index (κ2) is 9.13. The maximum absolute atomic E-state index is 12.5. The van der Waals surface area contributed by atoms with Gasteiger partial charge in [-0.2, -0.15) is 0 Å². The van der Waals surface area contributed by atoms with E-state index in [0.717, 1.165) is 66.9 Å². The fourth-order valence-electron chi connectivity index (χ4n) is 4.66. The van der Waals surface area contributed by atoms with Crippen molar-refractivity contribution in [2.75, 3.05) is 44.7 Å². The smallest absolute Gasteiger partial charge is 0.269 e. The summed E-state index contributed by atoms with van der Waals surface area (Å²) in [5.74, 6) is -0.251. The highest BCUT2D eigenvalue weighted by molar-refractivity contribution is 6.32. The molecule has 0 aliphatic carbocycles. The summed E-state index contributed by atoms with van der Waals surface area (Å²) in [7, 11) is 1.57. The summed E-state index contributed by atoms with van der Waals surface area (Å²) in [6.45, 7) is 5.25. The van der Waals surface area contributed by atoms with Crippen molar-refractivity contribution in [2.45, 2.75) is 19.6 Å². The summed E-state index contributed by atoms with van der Waals surface area (Å²) >= 11 is 6.37. The predicted octanol–water partition coefficient (Wildman–Crippen LogP) is 2.33. The van der Waals surface area contributed by atoms with Crippen molar-refractivity contribution >= 4 is 34.1 Å². The topological polar surface area (TPSA) is 90.6 Å². The van der Waals surface area contributed by atoms with Crippen LogP contribution in [0.2, 0.25) is 5.15 Å². The molecule has 1 fully saturated rings. The van der Waals surface area contributed by atoms with Crippen molar-refractivity contribution in [2.24, 2.45) is 0 Å². The molecule has 2 aliphatic rings. The van der Waals surface area contributed by atoms with Crippen molar-refractivity contribution < 1.29 is 9.53 Å². The van der Waals surface area contributed by atoms with E-state index in [1.54, 1.807) is 13.1 Å². The Morgan fingerprint density at radius 2 is 2.00 bits per heavy atom. The molecule has 0 radical (unpaired) electrons. The molecule has 0 saturated carbocycles. The van der Waals surface area contributed by atoms with Crippen LogP contribution < -0.4 is 15.8 Å². The number of aromatic amines is 1. The molecule has 1 amide bonds. The molecule has 3 aromatic rings. The van der Waals surface area contributed by atoms with E-state index in [-0.39, 0.29) is 11.5 Å². The minimum Gasteiger partial charge on any atom is -0.376 e. The van der Waals surface area contributed by atoms with Crippen LogP contribution in [0.15, 0.2) is 35.1 Å². The van der Waals surface area contributed by atoms with Crippen LogP contribution in [0.4, 0.5) is 5.69 Å². The number of benzene rings is 1. The van der Waals surface area contributed by atoms with Gasteiger partial charge < -0.3 is 19.9 Å². The van der Waals surface area contributed by atoms with Crippen molar-refractivity contribution in [3.63, 3.8) is 0 Å². The summed E-state index contributed by atoms with van der Waals surface area (Å²) in [6.07, 6.45) is 0.776. The number of nitrogens with one attached hydrogen (secondary N) is 2.